The van der Waals surface area contributed by atoms with Crippen LogP contribution >= 0.6 is 27.5 Å². The summed E-state index contributed by atoms with van der Waals surface area (Å²) in [6.45, 7) is 3.94. The van der Waals surface area contributed by atoms with Crippen molar-refractivity contribution >= 4 is 27.5 Å². The van der Waals surface area contributed by atoms with Gasteiger partial charge in [0.2, 0.25) is 5.88 Å². The van der Waals surface area contributed by atoms with Gasteiger partial charge in [0.05, 0.1) is 0 Å². The molecule has 17 heavy (non-hydrogen) atoms. The minimum atomic E-state index is 0.580. The Bertz CT molecular complexity index is 557. The van der Waals surface area contributed by atoms with Gasteiger partial charge in [-0.25, -0.2) is 4.98 Å². The fourth-order valence-corrected chi connectivity index (χ4v) is 1.85. The van der Waals surface area contributed by atoms with E-state index in [2.05, 4.69) is 20.9 Å². The first-order chi connectivity index (χ1) is 8.06. The van der Waals surface area contributed by atoms with Gasteiger partial charge < -0.3 is 4.74 Å². The summed E-state index contributed by atoms with van der Waals surface area (Å²) in [6.07, 6.45) is 1.73. The molecule has 0 amide bonds. The molecular weight excluding hydrogens is 302 g/mol. The molecule has 1 heterocycles. The Morgan fingerprint density at radius 2 is 1.94 bits per heavy atom. The van der Waals surface area contributed by atoms with Crippen molar-refractivity contribution in [1.29, 1.82) is 0 Å². The van der Waals surface area contributed by atoms with E-state index >= 15 is 0 Å². The van der Waals surface area contributed by atoms with Crippen LogP contribution in [0.5, 0.6) is 11.6 Å². The summed E-state index contributed by atoms with van der Waals surface area (Å²) in [5.41, 5.74) is 2.07. The zero-order valence-electron chi connectivity index (χ0n) is 9.50. The van der Waals surface area contributed by atoms with E-state index in [0.29, 0.717) is 10.9 Å². The van der Waals surface area contributed by atoms with Crippen LogP contribution in [0.4, 0.5) is 0 Å². The first kappa shape index (κ1) is 12.4. The number of hydrogen-bond acceptors (Lipinski definition) is 2. The van der Waals surface area contributed by atoms with Crippen molar-refractivity contribution in [2.24, 2.45) is 0 Å². The summed E-state index contributed by atoms with van der Waals surface area (Å²) in [5.74, 6) is 1.35. The average Bonchev–Trinajstić information content (AvgIpc) is 2.27. The first-order valence-corrected chi connectivity index (χ1v) is 6.29. The van der Waals surface area contributed by atoms with E-state index in [4.69, 9.17) is 16.3 Å². The van der Waals surface area contributed by atoms with Crippen molar-refractivity contribution in [3.63, 3.8) is 0 Å². The summed E-state index contributed by atoms with van der Waals surface area (Å²) in [5, 5.41) is 0.704. The van der Waals surface area contributed by atoms with E-state index in [-0.39, 0.29) is 0 Å². The molecule has 1 aromatic heterocycles. The van der Waals surface area contributed by atoms with E-state index in [0.717, 1.165) is 21.3 Å². The number of aryl methyl sites for hydroxylation is 2. The van der Waals surface area contributed by atoms with Crippen LogP contribution in [-0.2, 0) is 0 Å². The molecule has 88 valence electrons. The molecule has 0 spiro atoms. The summed E-state index contributed by atoms with van der Waals surface area (Å²) in [6, 6.07) is 7.40. The van der Waals surface area contributed by atoms with Crippen molar-refractivity contribution in [3.05, 3.63) is 51.1 Å². The van der Waals surface area contributed by atoms with E-state index in [1.807, 2.05) is 32.0 Å². The second-order valence-electron chi connectivity index (χ2n) is 3.78. The number of benzene rings is 1. The second-order valence-corrected chi connectivity index (χ2v) is 5.07. The predicted octanol–water partition coefficient (Wildman–Crippen LogP) is 4.91. The van der Waals surface area contributed by atoms with E-state index in [1.165, 1.54) is 0 Å². The Kier molecular flexibility index (Phi) is 3.69. The number of halogens is 2. The zero-order chi connectivity index (χ0) is 12.4. The molecule has 0 N–H and O–H groups in total. The number of hydrogen-bond donors (Lipinski definition) is 0. The van der Waals surface area contributed by atoms with Crippen molar-refractivity contribution < 1.29 is 4.74 Å². The number of pyridine rings is 1. The molecule has 0 unspecified atom stereocenters. The number of aromatic nitrogens is 1. The molecule has 0 radical (unpaired) electrons. The lowest BCUT2D eigenvalue weighted by molar-refractivity contribution is 0.459. The molecule has 4 heteroatoms. The molecule has 0 aliphatic heterocycles. The monoisotopic (exact) mass is 311 g/mol. The van der Waals surface area contributed by atoms with Gasteiger partial charge in [0, 0.05) is 21.8 Å². The van der Waals surface area contributed by atoms with Gasteiger partial charge in [0.25, 0.3) is 0 Å². The minimum Gasteiger partial charge on any atom is -0.439 e. The number of ether oxygens (including phenoxy) is 1. The van der Waals surface area contributed by atoms with Gasteiger partial charge in [-0.2, -0.15) is 0 Å². The number of nitrogens with zero attached hydrogens (tertiary/aromatic N) is 1. The SMILES string of the molecule is Cc1cc(Oc2ccc(Cl)cc2C)ncc1Br. The molecule has 0 saturated carbocycles. The van der Waals surface area contributed by atoms with E-state index in [1.54, 1.807) is 12.3 Å². The fourth-order valence-electron chi connectivity index (χ4n) is 1.41. The van der Waals surface area contributed by atoms with Crippen molar-refractivity contribution in [2.45, 2.75) is 13.8 Å². The molecule has 2 rings (SSSR count). The van der Waals surface area contributed by atoms with E-state index < -0.39 is 0 Å². The first-order valence-electron chi connectivity index (χ1n) is 5.12. The second kappa shape index (κ2) is 5.07. The quantitative estimate of drug-likeness (QED) is 0.786. The number of rotatable bonds is 2. The molecule has 0 saturated heterocycles. The molecule has 2 nitrogen and oxygen atoms in total. The molecule has 0 atom stereocenters. The smallest absolute Gasteiger partial charge is 0.219 e. The fraction of sp³-hybridized carbons (Fsp3) is 0.154. The van der Waals surface area contributed by atoms with Crippen LogP contribution in [0.3, 0.4) is 0 Å². The van der Waals surface area contributed by atoms with Crippen LogP contribution in [0.1, 0.15) is 11.1 Å². The predicted molar refractivity (Wildman–Crippen MR) is 72.9 cm³/mol. The Hall–Kier alpha value is -1.06. The standard InChI is InChI=1S/C13H11BrClNO/c1-8-6-13(16-7-11(8)14)17-12-4-3-10(15)5-9(12)2/h3-7H,1-2H3. The van der Waals surface area contributed by atoms with Gasteiger partial charge >= 0.3 is 0 Å². The van der Waals surface area contributed by atoms with Crippen LogP contribution in [0, 0.1) is 13.8 Å². The van der Waals surface area contributed by atoms with Gasteiger partial charge in [-0.3, -0.25) is 0 Å². The van der Waals surface area contributed by atoms with Gasteiger partial charge in [0.1, 0.15) is 5.75 Å². The Balaban J connectivity index is 2.28. The highest BCUT2D eigenvalue weighted by Gasteiger charge is 2.04. The molecular formula is C13H11BrClNO. The Morgan fingerprint density at radius 1 is 1.18 bits per heavy atom. The molecule has 0 bridgehead atoms. The normalized spacial score (nSPS) is 10.4. The van der Waals surface area contributed by atoms with Crippen LogP contribution in [0.25, 0.3) is 0 Å². The third-order valence-corrected chi connectivity index (χ3v) is 3.44. The van der Waals surface area contributed by atoms with Gasteiger partial charge in [-0.05, 0) is 59.1 Å². The summed E-state index contributed by atoms with van der Waals surface area (Å²) >= 11 is 9.29. The molecule has 0 aliphatic carbocycles. The van der Waals surface area contributed by atoms with Gasteiger partial charge in [0.15, 0.2) is 0 Å². The maximum atomic E-state index is 5.89. The van der Waals surface area contributed by atoms with Crippen LogP contribution in [-0.4, -0.2) is 4.98 Å². The molecule has 0 aliphatic rings. The van der Waals surface area contributed by atoms with Crippen molar-refractivity contribution in [2.75, 3.05) is 0 Å². The average molecular weight is 313 g/mol. The molecule has 2 aromatic rings. The third kappa shape index (κ3) is 2.99. The van der Waals surface area contributed by atoms with Crippen molar-refractivity contribution in [1.82, 2.24) is 4.98 Å². The van der Waals surface area contributed by atoms with Crippen LogP contribution < -0.4 is 4.74 Å². The lowest BCUT2D eigenvalue weighted by Crippen LogP contribution is -1.91. The summed E-state index contributed by atoms with van der Waals surface area (Å²) < 4.78 is 6.68. The Morgan fingerprint density at radius 3 is 2.59 bits per heavy atom. The summed E-state index contributed by atoms with van der Waals surface area (Å²) in [4.78, 5) is 4.20. The molecule has 1 aromatic carbocycles. The van der Waals surface area contributed by atoms with Gasteiger partial charge in [-0.15, -0.1) is 0 Å². The zero-order valence-corrected chi connectivity index (χ0v) is 11.8. The van der Waals surface area contributed by atoms with Crippen LogP contribution in [0.15, 0.2) is 34.9 Å². The highest BCUT2D eigenvalue weighted by atomic mass is 79.9. The maximum absolute atomic E-state index is 5.89. The lowest BCUT2D eigenvalue weighted by Gasteiger charge is -2.08. The highest BCUT2D eigenvalue weighted by molar-refractivity contribution is 9.10. The van der Waals surface area contributed by atoms with Gasteiger partial charge in [-0.1, -0.05) is 11.6 Å². The Labute approximate surface area is 114 Å². The van der Waals surface area contributed by atoms with Crippen LogP contribution in [0.2, 0.25) is 5.02 Å². The van der Waals surface area contributed by atoms with Crippen molar-refractivity contribution in [3.8, 4) is 11.6 Å². The topological polar surface area (TPSA) is 22.1 Å². The summed E-state index contributed by atoms with van der Waals surface area (Å²) in [7, 11) is 0. The minimum absolute atomic E-state index is 0.580. The third-order valence-electron chi connectivity index (χ3n) is 2.37. The van der Waals surface area contributed by atoms with E-state index in [9.17, 15) is 0 Å². The largest absolute Gasteiger partial charge is 0.439 e. The highest BCUT2D eigenvalue weighted by Crippen LogP contribution is 2.27. The maximum Gasteiger partial charge on any atom is 0.219 e. The molecule has 0 fully saturated rings. The lowest BCUT2D eigenvalue weighted by atomic mass is 10.2.